The van der Waals surface area contributed by atoms with Crippen molar-refractivity contribution >= 4 is 0 Å². The van der Waals surface area contributed by atoms with Gasteiger partial charge in [0.15, 0.2) is 0 Å². The molecule has 1 aromatic rings. The predicted octanol–water partition coefficient (Wildman–Crippen LogP) is 2.47. The maximum Gasteiger partial charge on any atom is 0.119 e. The molecule has 0 saturated carbocycles. The minimum atomic E-state index is 0.435. The van der Waals surface area contributed by atoms with E-state index in [1.165, 1.54) is 6.42 Å². The molecule has 0 aromatic heterocycles. The molecule has 0 fully saturated rings. The van der Waals surface area contributed by atoms with Crippen LogP contribution in [0, 0.1) is 0 Å². The van der Waals surface area contributed by atoms with Gasteiger partial charge in [-0.05, 0) is 18.6 Å². The van der Waals surface area contributed by atoms with Crippen molar-refractivity contribution in [2.75, 3.05) is 26.9 Å². The van der Waals surface area contributed by atoms with Crippen molar-refractivity contribution in [2.24, 2.45) is 0 Å². The lowest BCUT2D eigenvalue weighted by atomic mass is 10.2. The van der Waals surface area contributed by atoms with Crippen LogP contribution in [-0.2, 0) is 4.74 Å². The number of hydrogen-bond acceptors (Lipinski definition) is 3. The molecule has 0 heterocycles. The van der Waals surface area contributed by atoms with Crippen LogP contribution in [0.15, 0.2) is 30.3 Å². The standard InChI is InChI=1S/C14H23NO2/c1-3-7-13(12-16-2)15-10-11-17-14-8-5-4-6-9-14/h4-6,8-9,13,15H,3,7,10-12H2,1-2H3. The third kappa shape index (κ3) is 6.29. The molecule has 1 aromatic carbocycles. The van der Waals surface area contributed by atoms with Gasteiger partial charge in [-0.25, -0.2) is 0 Å². The van der Waals surface area contributed by atoms with Crippen LogP contribution in [0.5, 0.6) is 5.75 Å². The Morgan fingerprint density at radius 2 is 2.00 bits per heavy atom. The largest absolute Gasteiger partial charge is 0.492 e. The Morgan fingerprint density at radius 3 is 2.65 bits per heavy atom. The summed E-state index contributed by atoms with van der Waals surface area (Å²) in [4.78, 5) is 0. The molecule has 0 saturated heterocycles. The Bertz CT molecular complexity index is 271. The molecule has 0 amide bonds. The third-order valence-corrected chi connectivity index (χ3v) is 2.55. The number of hydrogen-bond donors (Lipinski definition) is 1. The summed E-state index contributed by atoms with van der Waals surface area (Å²) >= 11 is 0. The van der Waals surface area contributed by atoms with E-state index in [2.05, 4.69) is 12.2 Å². The first kappa shape index (κ1) is 14.0. The van der Waals surface area contributed by atoms with Gasteiger partial charge in [0, 0.05) is 19.7 Å². The fourth-order valence-electron chi connectivity index (χ4n) is 1.74. The highest BCUT2D eigenvalue weighted by Crippen LogP contribution is 2.07. The summed E-state index contributed by atoms with van der Waals surface area (Å²) < 4.78 is 10.8. The second kappa shape index (κ2) is 9.02. The van der Waals surface area contributed by atoms with Crippen molar-refractivity contribution < 1.29 is 9.47 Å². The summed E-state index contributed by atoms with van der Waals surface area (Å²) in [6, 6.07) is 10.3. The molecule has 0 bridgehead atoms. The van der Waals surface area contributed by atoms with Crippen LogP contribution in [0.4, 0.5) is 0 Å². The zero-order valence-corrected chi connectivity index (χ0v) is 10.8. The summed E-state index contributed by atoms with van der Waals surface area (Å²) in [6.45, 7) is 4.49. The highest BCUT2D eigenvalue weighted by atomic mass is 16.5. The summed E-state index contributed by atoms with van der Waals surface area (Å²) in [5, 5.41) is 3.44. The minimum Gasteiger partial charge on any atom is -0.492 e. The van der Waals surface area contributed by atoms with Crippen LogP contribution in [0.25, 0.3) is 0 Å². The van der Waals surface area contributed by atoms with E-state index in [-0.39, 0.29) is 0 Å². The zero-order chi connectivity index (χ0) is 12.3. The van der Waals surface area contributed by atoms with Crippen LogP contribution in [0.3, 0.4) is 0 Å². The Labute approximate surface area is 104 Å². The molecule has 0 radical (unpaired) electrons. The summed E-state index contributed by atoms with van der Waals surface area (Å²) in [5.41, 5.74) is 0. The Hall–Kier alpha value is -1.06. The molecule has 3 heteroatoms. The van der Waals surface area contributed by atoms with Crippen molar-refractivity contribution in [3.63, 3.8) is 0 Å². The zero-order valence-electron chi connectivity index (χ0n) is 10.8. The van der Waals surface area contributed by atoms with E-state index in [9.17, 15) is 0 Å². The van der Waals surface area contributed by atoms with Gasteiger partial charge in [-0.3, -0.25) is 0 Å². The molecular weight excluding hydrogens is 214 g/mol. The lowest BCUT2D eigenvalue weighted by Gasteiger charge is -2.17. The van der Waals surface area contributed by atoms with E-state index in [4.69, 9.17) is 9.47 Å². The van der Waals surface area contributed by atoms with E-state index < -0.39 is 0 Å². The first-order valence-electron chi connectivity index (χ1n) is 6.27. The molecule has 0 aliphatic carbocycles. The molecule has 1 unspecified atom stereocenters. The van der Waals surface area contributed by atoms with Crippen molar-refractivity contribution in [2.45, 2.75) is 25.8 Å². The normalized spacial score (nSPS) is 12.4. The van der Waals surface area contributed by atoms with E-state index in [0.717, 1.165) is 25.3 Å². The summed E-state index contributed by atoms with van der Waals surface area (Å²) in [7, 11) is 1.74. The van der Waals surface area contributed by atoms with Crippen molar-refractivity contribution in [1.29, 1.82) is 0 Å². The monoisotopic (exact) mass is 237 g/mol. The van der Waals surface area contributed by atoms with Gasteiger partial charge < -0.3 is 14.8 Å². The number of benzene rings is 1. The Balaban J connectivity index is 2.13. The SMILES string of the molecule is CCCC(COC)NCCOc1ccccc1. The fraction of sp³-hybridized carbons (Fsp3) is 0.571. The third-order valence-electron chi connectivity index (χ3n) is 2.55. The molecule has 1 rings (SSSR count). The van der Waals surface area contributed by atoms with E-state index >= 15 is 0 Å². The van der Waals surface area contributed by atoms with E-state index in [1.807, 2.05) is 30.3 Å². The van der Waals surface area contributed by atoms with Gasteiger partial charge in [0.1, 0.15) is 12.4 Å². The molecular formula is C14H23NO2. The first-order valence-corrected chi connectivity index (χ1v) is 6.27. The van der Waals surface area contributed by atoms with Gasteiger partial charge in [0.2, 0.25) is 0 Å². The number of nitrogens with one attached hydrogen (secondary N) is 1. The maximum absolute atomic E-state index is 5.61. The molecule has 3 nitrogen and oxygen atoms in total. The van der Waals surface area contributed by atoms with Gasteiger partial charge in [-0.1, -0.05) is 31.5 Å². The second-order valence-corrected chi connectivity index (χ2v) is 4.06. The first-order chi connectivity index (χ1) is 8.36. The minimum absolute atomic E-state index is 0.435. The van der Waals surface area contributed by atoms with Gasteiger partial charge in [-0.2, -0.15) is 0 Å². The smallest absolute Gasteiger partial charge is 0.119 e. The second-order valence-electron chi connectivity index (χ2n) is 4.06. The quantitative estimate of drug-likeness (QED) is 0.669. The average molecular weight is 237 g/mol. The van der Waals surface area contributed by atoms with Crippen molar-refractivity contribution in [1.82, 2.24) is 5.32 Å². The Morgan fingerprint density at radius 1 is 1.24 bits per heavy atom. The van der Waals surface area contributed by atoms with Gasteiger partial charge in [-0.15, -0.1) is 0 Å². The summed E-state index contributed by atoms with van der Waals surface area (Å²) in [6.07, 6.45) is 2.31. The van der Waals surface area contributed by atoms with Crippen molar-refractivity contribution in [3.8, 4) is 5.75 Å². The van der Waals surface area contributed by atoms with Crippen LogP contribution >= 0.6 is 0 Å². The molecule has 0 spiro atoms. The molecule has 1 atom stereocenters. The maximum atomic E-state index is 5.61. The van der Waals surface area contributed by atoms with Crippen LogP contribution in [0.1, 0.15) is 19.8 Å². The lowest BCUT2D eigenvalue weighted by Crippen LogP contribution is -2.35. The molecule has 17 heavy (non-hydrogen) atoms. The van der Waals surface area contributed by atoms with E-state index in [0.29, 0.717) is 12.6 Å². The number of para-hydroxylation sites is 1. The van der Waals surface area contributed by atoms with Gasteiger partial charge >= 0.3 is 0 Å². The molecule has 0 aliphatic heterocycles. The predicted molar refractivity (Wildman–Crippen MR) is 70.5 cm³/mol. The lowest BCUT2D eigenvalue weighted by molar-refractivity contribution is 0.158. The fourth-order valence-corrected chi connectivity index (χ4v) is 1.74. The van der Waals surface area contributed by atoms with Gasteiger partial charge in [0.25, 0.3) is 0 Å². The van der Waals surface area contributed by atoms with Gasteiger partial charge in [0.05, 0.1) is 6.61 Å². The van der Waals surface area contributed by atoms with Crippen LogP contribution < -0.4 is 10.1 Å². The number of ether oxygens (including phenoxy) is 2. The highest BCUT2D eigenvalue weighted by molar-refractivity contribution is 5.20. The number of rotatable bonds is 9. The van der Waals surface area contributed by atoms with Crippen LogP contribution in [0.2, 0.25) is 0 Å². The Kier molecular flexibility index (Phi) is 7.43. The van der Waals surface area contributed by atoms with E-state index in [1.54, 1.807) is 7.11 Å². The highest BCUT2D eigenvalue weighted by Gasteiger charge is 2.05. The molecule has 0 aliphatic rings. The van der Waals surface area contributed by atoms with Crippen molar-refractivity contribution in [3.05, 3.63) is 30.3 Å². The average Bonchev–Trinajstić information content (AvgIpc) is 2.36. The van der Waals surface area contributed by atoms with Crippen LogP contribution in [-0.4, -0.2) is 32.9 Å². The number of methoxy groups -OCH3 is 1. The molecule has 96 valence electrons. The topological polar surface area (TPSA) is 30.5 Å². The molecule has 1 N–H and O–H groups in total. The summed E-state index contributed by atoms with van der Waals surface area (Å²) in [5.74, 6) is 0.924.